The van der Waals surface area contributed by atoms with Crippen molar-refractivity contribution in [1.29, 1.82) is 0 Å². The van der Waals surface area contributed by atoms with Crippen LogP contribution in [0.3, 0.4) is 0 Å². The maximum atomic E-state index is 14.1. The number of ether oxygens (including phenoxy) is 1. The van der Waals surface area contributed by atoms with Crippen molar-refractivity contribution < 1.29 is 13.9 Å². The van der Waals surface area contributed by atoms with Crippen molar-refractivity contribution >= 4 is 28.8 Å². The van der Waals surface area contributed by atoms with Gasteiger partial charge in [-0.15, -0.1) is 0 Å². The van der Waals surface area contributed by atoms with Crippen LogP contribution in [0.4, 0.5) is 10.1 Å². The van der Waals surface area contributed by atoms with Crippen molar-refractivity contribution in [2.24, 2.45) is 0 Å². The van der Waals surface area contributed by atoms with Gasteiger partial charge in [-0.2, -0.15) is 0 Å². The molecule has 2 aromatic carbocycles. The standard InChI is InChI=1S/C28H30ClFN4O2/c1-5-31-27(35)23-10-9-19(13-18(23)2)25-16-33-26-24(32-12-11-28(3,4)30)15-22(17-34(25)26)36-21-8-6-7-20(29)14-21/h6-10,13-17,32H,5,11-12H2,1-4H3,(H,31,35). The predicted octanol–water partition coefficient (Wildman–Crippen LogP) is 7.06. The van der Waals surface area contributed by atoms with Crippen LogP contribution in [0, 0.1) is 6.92 Å². The van der Waals surface area contributed by atoms with Crippen molar-refractivity contribution in [2.75, 3.05) is 18.4 Å². The Balaban J connectivity index is 1.75. The number of anilines is 1. The van der Waals surface area contributed by atoms with Gasteiger partial charge in [0.15, 0.2) is 5.65 Å². The van der Waals surface area contributed by atoms with Crippen LogP contribution in [-0.2, 0) is 0 Å². The number of rotatable bonds is 9. The van der Waals surface area contributed by atoms with Crippen LogP contribution in [0.25, 0.3) is 16.9 Å². The number of benzene rings is 2. The summed E-state index contributed by atoms with van der Waals surface area (Å²) in [5, 5.41) is 6.73. The SMILES string of the molecule is CCNC(=O)c1ccc(-c2cnc3c(NCCC(C)(C)F)cc(Oc4cccc(Cl)c4)cn23)cc1C. The van der Waals surface area contributed by atoms with Gasteiger partial charge in [-0.25, -0.2) is 9.37 Å². The molecule has 4 aromatic rings. The van der Waals surface area contributed by atoms with Crippen LogP contribution in [0.1, 0.15) is 43.1 Å². The van der Waals surface area contributed by atoms with E-state index in [2.05, 4.69) is 15.6 Å². The zero-order valence-corrected chi connectivity index (χ0v) is 21.6. The highest BCUT2D eigenvalue weighted by atomic mass is 35.5. The van der Waals surface area contributed by atoms with E-state index in [0.29, 0.717) is 47.2 Å². The van der Waals surface area contributed by atoms with Crippen LogP contribution in [0.5, 0.6) is 11.5 Å². The molecule has 1 amide bonds. The maximum Gasteiger partial charge on any atom is 0.251 e. The molecule has 0 saturated heterocycles. The van der Waals surface area contributed by atoms with E-state index in [1.807, 2.05) is 60.8 Å². The van der Waals surface area contributed by atoms with Crippen LogP contribution in [-0.4, -0.2) is 34.1 Å². The molecule has 0 aliphatic carbocycles. The van der Waals surface area contributed by atoms with Crippen LogP contribution in [0.2, 0.25) is 5.02 Å². The van der Waals surface area contributed by atoms with E-state index in [0.717, 1.165) is 22.5 Å². The zero-order valence-electron chi connectivity index (χ0n) is 20.9. The van der Waals surface area contributed by atoms with E-state index in [4.69, 9.17) is 16.3 Å². The summed E-state index contributed by atoms with van der Waals surface area (Å²) >= 11 is 6.13. The molecule has 2 N–H and O–H groups in total. The molecular weight excluding hydrogens is 479 g/mol. The number of fused-ring (bicyclic) bond motifs is 1. The molecule has 0 unspecified atom stereocenters. The van der Waals surface area contributed by atoms with Crippen LogP contribution >= 0.6 is 11.6 Å². The number of carbonyl (C=O) groups is 1. The quantitative estimate of drug-likeness (QED) is 0.254. The summed E-state index contributed by atoms with van der Waals surface area (Å²) < 4.78 is 22.1. The Labute approximate surface area is 215 Å². The number of hydrogen-bond acceptors (Lipinski definition) is 4. The molecule has 0 radical (unpaired) electrons. The topological polar surface area (TPSA) is 67.7 Å². The van der Waals surface area contributed by atoms with Crippen molar-refractivity contribution in [3.63, 3.8) is 0 Å². The second-order valence-corrected chi connectivity index (χ2v) is 9.71. The van der Waals surface area contributed by atoms with Crippen molar-refractivity contribution in [3.05, 3.63) is 77.1 Å². The van der Waals surface area contributed by atoms with Crippen molar-refractivity contribution in [1.82, 2.24) is 14.7 Å². The summed E-state index contributed by atoms with van der Waals surface area (Å²) in [5.74, 6) is 1.07. The Bertz CT molecular complexity index is 1390. The average molecular weight is 509 g/mol. The van der Waals surface area contributed by atoms with Gasteiger partial charge in [0.05, 0.1) is 23.8 Å². The van der Waals surface area contributed by atoms with Gasteiger partial charge in [-0.3, -0.25) is 9.20 Å². The Morgan fingerprint density at radius 2 is 1.97 bits per heavy atom. The summed E-state index contributed by atoms with van der Waals surface area (Å²) in [7, 11) is 0. The van der Waals surface area contributed by atoms with E-state index in [-0.39, 0.29) is 5.91 Å². The molecular formula is C28H30ClFN4O2. The number of halogens is 2. The number of pyridine rings is 1. The molecule has 0 spiro atoms. The summed E-state index contributed by atoms with van der Waals surface area (Å²) in [4.78, 5) is 17.0. The number of amides is 1. The first-order valence-electron chi connectivity index (χ1n) is 11.9. The first kappa shape index (κ1) is 25.5. The Hall–Kier alpha value is -3.58. The molecule has 2 heterocycles. The van der Waals surface area contributed by atoms with Gasteiger partial charge in [0.25, 0.3) is 5.91 Å². The third-order valence-corrected chi connectivity index (χ3v) is 5.99. The van der Waals surface area contributed by atoms with Crippen molar-refractivity contribution in [2.45, 2.75) is 39.8 Å². The third-order valence-electron chi connectivity index (χ3n) is 5.75. The minimum Gasteiger partial charge on any atom is -0.456 e. The highest BCUT2D eigenvalue weighted by Crippen LogP contribution is 2.32. The summed E-state index contributed by atoms with van der Waals surface area (Å²) in [6.07, 6.45) is 3.98. The molecule has 0 bridgehead atoms. The molecule has 0 fully saturated rings. The lowest BCUT2D eigenvalue weighted by Gasteiger charge is -2.16. The number of hydrogen-bond donors (Lipinski definition) is 2. The second kappa shape index (κ2) is 10.6. The van der Waals surface area contributed by atoms with Gasteiger partial charge >= 0.3 is 0 Å². The lowest BCUT2D eigenvalue weighted by atomic mass is 10.0. The number of aryl methyl sites for hydroxylation is 1. The molecule has 6 nitrogen and oxygen atoms in total. The molecule has 0 atom stereocenters. The monoisotopic (exact) mass is 508 g/mol. The van der Waals surface area contributed by atoms with Gasteiger partial charge in [0.2, 0.25) is 0 Å². The van der Waals surface area contributed by atoms with E-state index < -0.39 is 5.67 Å². The van der Waals surface area contributed by atoms with Gasteiger partial charge in [0.1, 0.15) is 17.2 Å². The lowest BCUT2D eigenvalue weighted by Crippen LogP contribution is -2.23. The van der Waals surface area contributed by atoms with E-state index in [9.17, 15) is 9.18 Å². The highest BCUT2D eigenvalue weighted by molar-refractivity contribution is 6.30. The van der Waals surface area contributed by atoms with E-state index in [1.165, 1.54) is 0 Å². The molecule has 36 heavy (non-hydrogen) atoms. The summed E-state index contributed by atoms with van der Waals surface area (Å²) in [6.45, 7) is 7.92. The molecule has 0 aliphatic rings. The summed E-state index contributed by atoms with van der Waals surface area (Å²) in [6, 6.07) is 14.7. The lowest BCUT2D eigenvalue weighted by molar-refractivity contribution is 0.0955. The molecule has 188 valence electrons. The molecule has 0 saturated carbocycles. The number of alkyl halides is 1. The van der Waals surface area contributed by atoms with Gasteiger partial charge in [0, 0.05) is 35.3 Å². The normalized spacial score (nSPS) is 11.5. The number of aromatic nitrogens is 2. The first-order chi connectivity index (χ1) is 17.1. The van der Waals surface area contributed by atoms with E-state index in [1.54, 1.807) is 32.2 Å². The Morgan fingerprint density at radius 1 is 1.17 bits per heavy atom. The Morgan fingerprint density at radius 3 is 2.67 bits per heavy atom. The molecule has 0 aliphatic heterocycles. The zero-order chi connectivity index (χ0) is 25.9. The van der Waals surface area contributed by atoms with Gasteiger partial charge in [-0.05, 0) is 70.0 Å². The smallest absolute Gasteiger partial charge is 0.251 e. The maximum absolute atomic E-state index is 14.1. The minimum absolute atomic E-state index is 0.0980. The second-order valence-electron chi connectivity index (χ2n) is 9.27. The molecule has 4 rings (SSSR count). The fraction of sp³-hybridized carbons (Fsp3) is 0.286. The molecule has 8 heteroatoms. The Kier molecular flexibility index (Phi) is 7.50. The third kappa shape index (κ3) is 5.97. The number of carbonyl (C=O) groups excluding carboxylic acids is 1. The molecule has 2 aromatic heterocycles. The van der Waals surface area contributed by atoms with E-state index >= 15 is 0 Å². The first-order valence-corrected chi connectivity index (χ1v) is 12.3. The van der Waals surface area contributed by atoms with Crippen LogP contribution in [0.15, 0.2) is 60.9 Å². The number of nitrogens with zero attached hydrogens (tertiary/aromatic N) is 2. The van der Waals surface area contributed by atoms with Crippen molar-refractivity contribution in [3.8, 4) is 22.8 Å². The largest absolute Gasteiger partial charge is 0.456 e. The number of nitrogens with one attached hydrogen (secondary N) is 2. The van der Waals surface area contributed by atoms with Crippen LogP contribution < -0.4 is 15.4 Å². The highest BCUT2D eigenvalue weighted by Gasteiger charge is 2.17. The minimum atomic E-state index is -1.29. The summed E-state index contributed by atoms with van der Waals surface area (Å²) in [5.41, 5.74) is 3.36. The van der Waals surface area contributed by atoms with Gasteiger partial charge < -0.3 is 15.4 Å². The average Bonchev–Trinajstić information content (AvgIpc) is 3.22. The fourth-order valence-corrected chi connectivity index (χ4v) is 4.14. The predicted molar refractivity (Wildman–Crippen MR) is 143 cm³/mol. The van der Waals surface area contributed by atoms with Gasteiger partial charge in [-0.1, -0.05) is 23.7 Å². The fourth-order valence-electron chi connectivity index (χ4n) is 3.96. The number of imidazole rings is 1.